The summed E-state index contributed by atoms with van der Waals surface area (Å²) in [6, 6.07) is 13.2. The van der Waals surface area contributed by atoms with Gasteiger partial charge < -0.3 is 9.47 Å². The number of carbonyl (C=O) groups excluding carboxylic acids is 1. The van der Waals surface area contributed by atoms with Gasteiger partial charge in [-0.05, 0) is 26.0 Å². The van der Waals surface area contributed by atoms with Crippen LogP contribution in [0, 0.1) is 13.8 Å². The zero-order chi connectivity index (χ0) is 18.7. The highest BCUT2D eigenvalue weighted by molar-refractivity contribution is 7.16. The minimum atomic E-state index is -0.258. The topological polar surface area (TPSA) is 60.5 Å². The fourth-order valence-electron chi connectivity index (χ4n) is 2.54. The number of aromatic nitrogens is 1. The van der Waals surface area contributed by atoms with E-state index in [-0.39, 0.29) is 5.91 Å². The van der Waals surface area contributed by atoms with Gasteiger partial charge in [0.2, 0.25) is 0 Å². The van der Waals surface area contributed by atoms with Crippen LogP contribution in [0.2, 0.25) is 0 Å². The molecular weight excluding hydrogens is 348 g/mol. The number of benzene rings is 2. The fourth-order valence-corrected chi connectivity index (χ4v) is 3.37. The lowest BCUT2D eigenvalue weighted by molar-refractivity contribution is 0.102. The van der Waals surface area contributed by atoms with Crippen LogP contribution in [0.1, 0.15) is 20.8 Å². The van der Waals surface area contributed by atoms with Crippen molar-refractivity contribution in [2.75, 3.05) is 19.5 Å². The van der Waals surface area contributed by atoms with E-state index in [1.807, 2.05) is 26.0 Å². The number of nitrogens with zero attached hydrogens (tertiary/aromatic N) is 1. The Bertz CT molecular complexity index is 910. The number of methoxy groups -OCH3 is 2. The van der Waals surface area contributed by atoms with Gasteiger partial charge >= 0.3 is 0 Å². The average molecular weight is 368 g/mol. The Morgan fingerprint density at radius 1 is 1.00 bits per heavy atom. The van der Waals surface area contributed by atoms with E-state index < -0.39 is 0 Å². The first kappa shape index (κ1) is 17.9. The SMILES string of the molecule is COc1cc(OC)cc(C(=O)Nc2nc(-c3ccc(C)cc3)c(C)s2)c1. The molecule has 0 aliphatic carbocycles. The van der Waals surface area contributed by atoms with Gasteiger partial charge in [0.05, 0.1) is 19.9 Å². The Morgan fingerprint density at radius 2 is 1.62 bits per heavy atom. The molecule has 3 aromatic rings. The number of aryl methyl sites for hydroxylation is 2. The molecule has 1 aromatic heterocycles. The molecule has 0 spiro atoms. The first-order valence-corrected chi connectivity index (χ1v) is 8.90. The van der Waals surface area contributed by atoms with Gasteiger partial charge in [-0.2, -0.15) is 0 Å². The van der Waals surface area contributed by atoms with Crippen molar-refractivity contribution in [2.24, 2.45) is 0 Å². The summed E-state index contributed by atoms with van der Waals surface area (Å²) in [5.41, 5.74) is 3.56. The molecule has 0 fully saturated rings. The predicted octanol–water partition coefficient (Wildman–Crippen LogP) is 4.70. The van der Waals surface area contributed by atoms with Gasteiger partial charge in [-0.1, -0.05) is 29.8 Å². The van der Waals surface area contributed by atoms with Crippen molar-refractivity contribution < 1.29 is 14.3 Å². The van der Waals surface area contributed by atoms with E-state index in [0.717, 1.165) is 16.1 Å². The molecule has 1 N–H and O–H groups in total. The largest absolute Gasteiger partial charge is 0.497 e. The van der Waals surface area contributed by atoms with E-state index >= 15 is 0 Å². The number of hydrogen-bond acceptors (Lipinski definition) is 5. The van der Waals surface area contributed by atoms with Gasteiger partial charge in [-0.15, -0.1) is 11.3 Å². The fraction of sp³-hybridized carbons (Fsp3) is 0.200. The van der Waals surface area contributed by atoms with Crippen LogP contribution in [0.4, 0.5) is 5.13 Å². The van der Waals surface area contributed by atoms with Crippen LogP contribution in [0.25, 0.3) is 11.3 Å². The highest BCUT2D eigenvalue weighted by Crippen LogP contribution is 2.31. The van der Waals surface area contributed by atoms with Crippen LogP contribution in [0.5, 0.6) is 11.5 Å². The molecule has 6 heteroatoms. The molecule has 26 heavy (non-hydrogen) atoms. The smallest absolute Gasteiger partial charge is 0.257 e. The monoisotopic (exact) mass is 368 g/mol. The van der Waals surface area contributed by atoms with Crippen molar-refractivity contribution in [1.29, 1.82) is 0 Å². The van der Waals surface area contributed by atoms with E-state index in [2.05, 4.69) is 22.4 Å². The van der Waals surface area contributed by atoms with Crippen LogP contribution in [-0.2, 0) is 0 Å². The standard InChI is InChI=1S/C20H20N2O3S/c1-12-5-7-14(8-6-12)18-13(2)26-20(21-18)22-19(23)15-9-16(24-3)11-17(10-15)25-4/h5-11H,1-4H3,(H,21,22,23). The van der Waals surface area contributed by atoms with Crippen LogP contribution >= 0.6 is 11.3 Å². The number of rotatable bonds is 5. The summed E-state index contributed by atoms with van der Waals surface area (Å²) in [6.07, 6.45) is 0. The molecule has 0 aliphatic heterocycles. The molecular formula is C20H20N2O3S. The molecule has 2 aromatic carbocycles. The Morgan fingerprint density at radius 3 is 2.19 bits per heavy atom. The molecule has 1 heterocycles. The second-order valence-corrected chi connectivity index (χ2v) is 7.05. The van der Waals surface area contributed by atoms with Crippen LogP contribution < -0.4 is 14.8 Å². The molecule has 134 valence electrons. The lowest BCUT2D eigenvalue weighted by Crippen LogP contribution is -2.12. The highest BCUT2D eigenvalue weighted by atomic mass is 32.1. The number of hydrogen-bond donors (Lipinski definition) is 1. The first-order chi connectivity index (χ1) is 12.5. The number of nitrogens with one attached hydrogen (secondary N) is 1. The molecule has 0 aliphatic rings. The van der Waals surface area contributed by atoms with Gasteiger partial charge in [-0.3, -0.25) is 10.1 Å². The summed E-state index contributed by atoms with van der Waals surface area (Å²) in [5, 5.41) is 3.42. The third kappa shape index (κ3) is 3.86. The third-order valence-electron chi connectivity index (χ3n) is 3.96. The van der Waals surface area contributed by atoms with Crippen molar-refractivity contribution in [3.05, 3.63) is 58.5 Å². The van der Waals surface area contributed by atoms with Crippen molar-refractivity contribution >= 4 is 22.4 Å². The molecule has 0 atom stereocenters. The van der Waals surface area contributed by atoms with E-state index in [9.17, 15) is 4.79 Å². The zero-order valence-corrected chi connectivity index (χ0v) is 15.9. The number of amides is 1. The van der Waals surface area contributed by atoms with E-state index in [4.69, 9.17) is 9.47 Å². The summed E-state index contributed by atoms with van der Waals surface area (Å²) in [6.45, 7) is 4.04. The normalized spacial score (nSPS) is 10.5. The summed E-state index contributed by atoms with van der Waals surface area (Å²) in [7, 11) is 3.10. The number of thiazole rings is 1. The quantitative estimate of drug-likeness (QED) is 0.709. The number of ether oxygens (including phenoxy) is 2. The second-order valence-electron chi connectivity index (χ2n) is 5.85. The lowest BCUT2D eigenvalue weighted by Gasteiger charge is -2.08. The molecule has 5 nitrogen and oxygen atoms in total. The van der Waals surface area contributed by atoms with Crippen LogP contribution in [0.15, 0.2) is 42.5 Å². The van der Waals surface area contributed by atoms with Crippen LogP contribution in [0.3, 0.4) is 0 Å². The van der Waals surface area contributed by atoms with Crippen molar-refractivity contribution in [3.63, 3.8) is 0 Å². The second kappa shape index (κ2) is 7.58. The predicted molar refractivity (Wildman–Crippen MR) is 105 cm³/mol. The summed E-state index contributed by atoms with van der Waals surface area (Å²) in [5.74, 6) is 0.863. The Kier molecular flexibility index (Phi) is 5.23. The molecule has 3 rings (SSSR count). The molecule has 0 unspecified atom stereocenters. The molecule has 0 bridgehead atoms. The van der Waals surface area contributed by atoms with Gasteiger partial charge in [0.15, 0.2) is 5.13 Å². The van der Waals surface area contributed by atoms with Gasteiger partial charge in [0.25, 0.3) is 5.91 Å². The Labute approximate surface area is 156 Å². The molecule has 1 amide bonds. The van der Waals surface area contributed by atoms with Crippen molar-refractivity contribution in [2.45, 2.75) is 13.8 Å². The average Bonchev–Trinajstić information content (AvgIpc) is 3.01. The summed E-state index contributed by atoms with van der Waals surface area (Å²) < 4.78 is 10.4. The minimum absolute atomic E-state index is 0.258. The van der Waals surface area contributed by atoms with Gasteiger partial charge in [0.1, 0.15) is 11.5 Å². The lowest BCUT2D eigenvalue weighted by atomic mass is 10.1. The Hall–Kier alpha value is -2.86. The molecule has 0 saturated carbocycles. The maximum atomic E-state index is 12.6. The van der Waals surface area contributed by atoms with Gasteiger partial charge in [0, 0.05) is 22.1 Å². The Balaban J connectivity index is 1.84. The van der Waals surface area contributed by atoms with Gasteiger partial charge in [-0.25, -0.2) is 4.98 Å². The molecule has 0 saturated heterocycles. The number of anilines is 1. The maximum Gasteiger partial charge on any atom is 0.257 e. The minimum Gasteiger partial charge on any atom is -0.497 e. The van der Waals surface area contributed by atoms with E-state index in [1.165, 1.54) is 16.9 Å². The summed E-state index contributed by atoms with van der Waals surface area (Å²) in [4.78, 5) is 18.2. The summed E-state index contributed by atoms with van der Waals surface area (Å²) >= 11 is 1.45. The zero-order valence-electron chi connectivity index (χ0n) is 15.1. The number of carbonyl (C=O) groups is 1. The van der Waals surface area contributed by atoms with E-state index in [0.29, 0.717) is 22.2 Å². The van der Waals surface area contributed by atoms with E-state index in [1.54, 1.807) is 32.4 Å². The maximum absolute atomic E-state index is 12.6. The highest BCUT2D eigenvalue weighted by Gasteiger charge is 2.15. The molecule has 0 radical (unpaired) electrons. The van der Waals surface area contributed by atoms with Crippen molar-refractivity contribution in [1.82, 2.24) is 4.98 Å². The first-order valence-electron chi connectivity index (χ1n) is 8.09. The third-order valence-corrected chi connectivity index (χ3v) is 4.84. The van der Waals surface area contributed by atoms with Crippen LogP contribution in [-0.4, -0.2) is 25.1 Å². The van der Waals surface area contributed by atoms with Crippen molar-refractivity contribution in [3.8, 4) is 22.8 Å².